The molecule has 0 heterocycles. The zero-order valence-corrected chi connectivity index (χ0v) is 11.2. The summed E-state index contributed by atoms with van der Waals surface area (Å²) < 4.78 is 1.03. The number of hydrogen-bond donors (Lipinski definition) is 2. The molecule has 0 aliphatic rings. The minimum absolute atomic E-state index is 0.122. The van der Waals surface area contributed by atoms with Gasteiger partial charge in [-0.1, -0.05) is 29.3 Å². The van der Waals surface area contributed by atoms with Crippen molar-refractivity contribution in [1.29, 1.82) is 0 Å². The van der Waals surface area contributed by atoms with Gasteiger partial charge < -0.3 is 11.1 Å². The van der Waals surface area contributed by atoms with E-state index in [1.807, 2.05) is 32.0 Å². The highest BCUT2D eigenvalue weighted by Gasteiger charge is 2.12. The van der Waals surface area contributed by atoms with E-state index in [9.17, 15) is 4.79 Å². The van der Waals surface area contributed by atoms with Crippen molar-refractivity contribution >= 4 is 27.5 Å². The van der Waals surface area contributed by atoms with E-state index in [1.54, 1.807) is 0 Å². The molecule has 3 N–H and O–H groups in total. The normalized spacial score (nSPS) is 12.2. The number of anilines is 1. The molecule has 0 bridgehead atoms. The SMILES string of the molecule is CCC[C@@H](N)C(=O)Nc1ccc(Br)c(C)c1. The molecule has 3 nitrogen and oxygen atoms in total. The van der Waals surface area contributed by atoms with Gasteiger partial charge in [0, 0.05) is 10.2 Å². The summed E-state index contributed by atoms with van der Waals surface area (Å²) in [5.41, 5.74) is 7.60. The van der Waals surface area contributed by atoms with Crippen LogP contribution in [0.25, 0.3) is 0 Å². The lowest BCUT2D eigenvalue weighted by Gasteiger charge is -2.11. The van der Waals surface area contributed by atoms with E-state index in [4.69, 9.17) is 5.73 Å². The lowest BCUT2D eigenvalue weighted by molar-refractivity contribution is -0.117. The molecule has 16 heavy (non-hydrogen) atoms. The maximum Gasteiger partial charge on any atom is 0.241 e. The summed E-state index contributed by atoms with van der Waals surface area (Å²) in [7, 11) is 0. The Morgan fingerprint density at radius 1 is 1.56 bits per heavy atom. The molecule has 1 atom stereocenters. The Bertz CT molecular complexity index is 379. The third kappa shape index (κ3) is 3.61. The highest BCUT2D eigenvalue weighted by atomic mass is 79.9. The Kier molecular flexibility index (Phi) is 4.96. The lowest BCUT2D eigenvalue weighted by Crippen LogP contribution is -2.35. The van der Waals surface area contributed by atoms with Crippen molar-refractivity contribution in [3.8, 4) is 0 Å². The Morgan fingerprint density at radius 2 is 2.25 bits per heavy atom. The first-order chi connectivity index (χ1) is 7.54. The largest absolute Gasteiger partial charge is 0.325 e. The van der Waals surface area contributed by atoms with Crippen molar-refractivity contribution in [3.05, 3.63) is 28.2 Å². The standard InChI is InChI=1S/C12H17BrN2O/c1-3-4-11(14)12(16)15-9-5-6-10(13)8(2)7-9/h5-7,11H,3-4,14H2,1-2H3,(H,15,16)/t11-/m1/s1. The first-order valence-corrected chi connectivity index (χ1v) is 6.16. The topological polar surface area (TPSA) is 55.1 Å². The van der Waals surface area contributed by atoms with E-state index in [0.29, 0.717) is 6.42 Å². The van der Waals surface area contributed by atoms with Gasteiger partial charge in [0.1, 0.15) is 0 Å². The second kappa shape index (κ2) is 6.01. The second-order valence-corrected chi connectivity index (χ2v) is 4.70. The van der Waals surface area contributed by atoms with Crippen LogP contribution >= 0.6 is 15.9 Å². The van der Waals surface area contributed by atoms with Gasteiger partial charge in [-0.25, -0.2) is 0 Å². The molecule has 0 unspecified atom stereocenters. The smallest absolute Gasteiger partial charge is 0.241 e. The Labute approximate surface area is 105 Å². The number of hydrogen-bond acceptors (Lipinski definition) is 2. The number of amides is 1. The van der Waals surface area contributed by atoms with Crippen LogP contribution in [0.15, 0.2) is 22.7 Å². The zero-order valence-electron chi connectivity index (χ0n) is 9.59. The Morgan fingerprint density at radius 3 is 2.81 bits per heavy atom. The highest BCUT2D eigenvalue weighted by Crippen LogP contribution is 2.20. The van der Waals surface area contributed by atoms with Crippen LogP contribution in [0.3, 0.4) is 0 Å². The number of nitrogens with one attached hydrogen (secondary N) is 1. The maximum absolute atomic E-state index is 11.7. The average Bonchev–Trinajstić information content (AvgIpc) is 2.24. The van der Waals surface area contributed by atoms with Gasteiger partial charge in [0.2, 0.25) is 5.91 Å². The number of carbonyl (C=O) groups is 1. The molecule has 0 spiro atoms. The van der Waals surface area contributed by atoms with Crippen LogP contribution in [0, 0.1) is 6.92 Å². The second-order valence-electron chi connectivity index (χ2n) is 3.85. The van der Waals surface area contributed by atoms with Crippen LogP contribution in [0.4, 0.5) is 5.69 Å². The molecule has 1 aromatic carbocycles. The number of nitrogens with two attached hydrogens (primary N) is 1. The predicted molar refractivity (Wildman–Crippen MR) is 70.4 cm³/mol. The quantitative estimate of drug-likeness (QED) is 0.893. The lowest BCUT2D eigenvalue weighted by atomic mass is 10.1. The molecule has 1 aromatic rings. The van der Waals surface area contributed by atoms with Crippen LogP contribution < -0.4 is 11.1 Å². The van der Waals surface area contributed by atoms with Gasteiger partial charge in [-0.2, -0.15) is 0 Å². The summed E-state index contributed by atoms with van der Waals surface area (Å²) in [6.07, 6.45) is 1.62. The molecule has 88 valence electrons. The van der Waals surface area contributed by atoms with Crippen LogP contribution in [0.5, 0.6) is 0 Å². The molecule has 0 radical (unpaired) electrons. The molecule has 0 aromatic heterocycles. The monoisotopic (exact) mass is 284 g/mol. The van der Waals surface area contributed by atoms with Crippen molar-refractivity contribution in [2.24, 2.45) is 5.73 Å². The summed E-state index contributed by atoms with van der Waals surface area (Å²) in [6.45, 7) is 3.99. The number of aryl methyl sites for hydroxylation is 1. The van der Waals surface area contributed by atoms with Gasteiger partial charge in [0.25, 0.3) is 0 Å². The summed E-state index contributed by atoms with van der Waals surface area (Å²) >= 11 is 3.41. The van der Waals surface area contributed by atoms with Crippen molar-refractivity contribution in [2.45, 2.75) is 32.7 Å². The van der Waals surface area contributed by atoms with E-state index in [2.05, 4.69) is 21.2 Å². The number of benzene rings is 1. The first kappa shape index (κ1) is 13.2. The van der Waals surface area contributed by atoms with Gasteiger partial charge in [0.05, 0.1) is 6.04 Å². The molecule has 1 rings (SSSR count). The molecule has 0 aliphatic heterocycles. The van der Waals surface area contributed by atoms with Gasteiger partial charge in [-0.3, -0.25) is 4.79 Å². The Hall–Kier alpha value is -0.870. The van der Waals surface area contributed by atoms with E-state index in [1.165, 1.54) is 0 Å². The minimum atomic E-state index is -0.422. The fraction of sp³-hybridized carbons (Fsp3) is 0.417. The molecule has 4 heteroatoms. The first-order valence-electron chi connectivity index (χ1n) is 5.37. The van der Waals surface area contributed by atoms with Gasteiger partial charge in [0.15, 0.2) is 0 Å². The van der Waals surface area contributed by atoms with E-state index < -0.39 is 6.04 Å². The molecule has 0 aliphatic carbocycles. The zero-order chi connectivity index (χ0) is 12.1. The maximum atomic E-state index is 11.7. The average molecular weight is 285 g/mol. The molecular weight excluding hydrogens is 268 g/mol. The molecule has 0 saturated heterocycles. The Balaban J connectivity index is 2.66. The van der Waals surface area contributed by atoms with Crippen molar-refractivity contribution in [1.82, 2.24) is 0 Å². The fourth-order valence-corrected chi connectivity index (χ4v) is 1.65. The van der Waals surface area contributed by atoms with Crippen LogP contribution in [-0.2, 0) is 4.79 Å². The predicted octanol–water partition coefficient (Wildman–Crippen LogP) is 2.82. The molecule has 0 fully saturated rings. The summed E-state index contributed by atoms with van der Waals surface area (Å²) in [4.78, 5) is 11.7. The third-order valence-corrected chi connectivity index (χ3v) is 3.25. The van der Waals surface area contributed by atoms with Gasteiger partial charge in [-0.05, 0) is 37.1 Å². The van der Waals surface area contributed by atoms with E-state index in [-0.39, 0.29) is 5.91 Å². The number of rotatable bonds is 4. The summed E-state index contributed by atoms with van der Waals surface area (Å²) in [5, 5.41) is 2.81. The van der Waals surface area contributed by atoms with Crippen LogP contribution in [0.2, 0.25) is 0 Å². The molecule has 0 saturated carbocycles. The van der Waals surface area contributed by atoms with Crippen molar-refractivity contribution in [3.63, 3.8) is 0 Å². The highest BCUT2D eigenvalue weighted by molar-refractivity contribution is 9.10. The molecular formula is C12H17BrN2O. The minimum Gasteiger partial charge on any atom is -0.325 e. The van der Waals surface area contributed by atoms with Crippen molar-refractivity contribution in [2.75, 3.05) is 5.32 Å². The van der Waals surface area contributed by atoms with Gasteiger partial charge in [-0.15, -0.1) is 0 Å². The van der Waals surface area contributed by atoms with E-state index >= 15 is 0 Å². The van der Waals surface area contributed by atoms with Crippen LogP contribution in [-0.4, -0.2) is 11.9 Å². The van der Waals surface area contributed by atoms with E-state index in [0.717, 1.165) is 22.1 Å². The summed E-state index contributed by atoms with van der Waals surface area (Å²) in [6, 6.07) is 5.26. The number of halogens is 1. The van der Waals surface area contributed by atoms with Crippen LogP contribution in [0.1, 0.15) is 25.3 Å². The third-order valence-electron chi connectivity index (χ3n) is 2.36. The van der Waals surface area contributed by atoms with Crippen molar-refractivity contribution < 1.29 is 4.79 Å². The fourth-order valence-electron chi connectivity index (χ4n) is 1.40. The summed E-state index contributed by atoms with van der Waals surface area (Å²) in [5.74, 6) is -0.122. The van der Waals surface area contributed by atoms with Gasteiger partial charge >= 0.3 is 0 Å². The molecule has 1 amide bonds. The number of carbonyl (C=O) groups excluding carboxylic acids is 1.